The summed E-state index contributed by atoms with van der Waals surface area (Å²) < 4.78 is 0. The number of fused-ring (bicyclic) bond motifs is 5. The number of hydrogen-bond acceptors (Lipinski definition) is 4. The molecule has 1 aromatic carbocycles. The van der Waals surface area contributed by atoms with Gasteiger partial charge in [-0.25, -0.2) is 0 Å². The molecular weight excluding hydrogens is 390 g/mol. The fraction of sp³-hybridized carbons (Fsp3) is 0.615. The summed E-state index contributed by atoms with van der Waals surface area (Å²) in [4.78, 5) is 10.5. The number of rotatable bonds is 2. The van der Waals surface area contributed by atoms with Crippen molar-refractivity contribution in [2.75, 3.05) is 0 Å². The summed E-state index contributed by atoms with van der Waals surface area (Å²) in [5.41, 5.74) is 3.63. The summed E-state index contributed by atoms with van der Waals surface area (Å²) in [5.74, 6) is 1.65. The number of non-ortho nitro benzene ring substituents is 1. The summed E-state index contributed by atoms with van der Waals surface area (Å²) >= 11 is 0. The Balaban J connectivity index is 1.44. The van der Waals surface area contributed by atoms with E-state index in [0.717, 1.165) is 56.1 Å². The minimum Gasteiger partial charge on any atom is -0.393 e. The number of aliphatic hydroxyl groups is 2. The molecule has 5 heteroatoms. The summed E-state index contributed by atoms with van der Waals surface area (Å²) in [5, 5.41) is 32.5. The third-order valence-corrected chi connectivity index (χ3v) is 9.40. The first kappa shape index (κ1) is 20.9. The Bertz CT molecular complexity index is 951. The molecule has 2 N–H and O–H groups in total. The number of nitro benzene ring substituents is 1. The predicted molar refractivity (Wildman–Crippen MR) is 120 cm³/mol. The van der Waals surface area contributed by atoms with Gasteiger partial charge in [-0.2, -0.15) is 0 Å². The van der Waals surface area contributed by atoms with Crippen LogP contribution in [0.2, 0.25) is 0 Å². The molecule has 166 valence electrons. The van der Waals surface area contributed by atoms with Gasteiger partial charge >= 0.3 is 0 Å². The molecule has 3 saturated carbocycles. The highest BCUT2D eigenvalue weighted by Gasteiger charge is 2.59. The first-order chi connectivity index (χ1) is 14.7. The molecule has 0 aromatic heterocycles. The zero-order chi connectivity index (χ0) is 22.0. The van der Waals surface area contributed by atoms with E-state index in [4.69, 9.17) is 0 Å². The highest BCUT2D eigenvalue weighted by molar-refractivity contribution is 5.57. The van der Waals surface area contributed by atoms with Gasteiger partial charge in [-0.15, -0.1) is 0 Å². The second-order valence-corrected chi connectivity index (χ2v) is 10.9. The third kappa shape index (κ3) is 3.20. The average molecular weight is 424 g/mol. The fourth-order valence-corrected chi connectivity index (χ4v) is 7.55. The van der Waals surface area contributed by atoms with Gasteiger partial charge in [0.05, 0.1) is 17.1 Å². The monoisotopic (exact) mass is 423 g/mol. The average Bonchev–Trinajstić information content (AvgIpc) is 2.99. The van der Waals surface area contributed by atoms with Crippen LogP contribution in [0.15, 0.2) is 41.5 Å². The van der Waals surface area contributed by atoms with Gasteiger partial charge in [-0.3, -0.25) is 10.1 Å². The maximum Gasteiger partial charge on any atom is 0.269 e. The van der Waals surface area contributed by atoms with Gasteiger partial charge in [0.25, 0.3) is 5.69 Å². The molecule has 0 saturated heterocycles. The molecule has 3 fully saturated rings. The molecular formula is C26H33NO4. The Morgan fingerprint density at radius 2 is 1.81 bits per heavy atom. The molecule has 0 radical (unpaired) electrons. The van der Waals surface area contributed by atoms with Crippen molar-refractivity contribution in [2.45, 2.75) is 71.0 Å². The van der Waals surface area contributed by atoms with Crippen LogP contribution in [0.25, 0.3) is 6.08 Å². The molecule has 0 spiro atoms. The standard InChI is InChI=1S/C26H33NO4/c1-25-11-9-20(28)15-18(25)5-8-21-22(25)10-12-26(2)23(21)14-17(24(26)29)13-16-3-6-19(7-4-16)27(30)31/h3-7,13,20-24,28-29H,8-12,14-15H2,1-2H3/t20-,21+,22-,23-,24-,25-,26-/m0/s1. The van der Waals surface area contributed by atoms with E-state index in [1.54, 1.807) is 12.1 Å². The fourth-order valence-electron chi connectivity index (χ4n) is 7.55. The van der Waals surface area contributed by atoms with Crippen LogP contribution in [-0.2, 0) is 0 Å². The summed E-state index contributed by atoms with van der Waals surface area (Å²) in [7, 11) is 0. The Morgan fingerprint density at radius 3 is 2.52 bits per heavy atom. The largest absolute Gasteiger partial charge is 0.393 e. The summed E-state index contributed by atoms with van der Waals surface area (Å²) in [6, 6.07) is 6.61. The lowest BCUT2D eigenvalue weighted by Crippen LogP contribution is -2.51. The van der Waals surface area contributed by atoms with Crippen molar-refractivity contribution in [1.82, 2.24) is 0 Å². The smallest absolute Gasteiger partial charge is 0.269 e. The van der Waals surface area contributed by atoms with Gasteiger partial charge in [0.2, 0.25) is 0 Å². The molecule has 5 rings (SSSR count). The zero-order valence-corrected chi connectivity index (χ0v) is 18.5. The van der Waals surface area contributed by atoms with Crippen molar-refractivity contribution in [3.05, 3.63) is 57.2 Å². The molecule has 4 aliphatic carbocycles. The molecule has 0 amide bonds. The van der Waals surface area contributed by atoms with Crippen molar-refractivity contribution in [3.63, 3.8) is 0 Å². The third-order valence-electron chi connectivity index (χ3n) is 9.40. The van der Waals surface area contributed by atoms with E-state index in [1.165, 1.54) is 17.7 Å². The molecule has 5 nitrogen and oxygen atoms in total. The minimum atomic E-state index is -0.458. The van der Waals surface area contributed by atoms with E-state index >= 15 is 0 Å². The van der Waals surface area contributed by atoms with Crippen LogP contribution in [0.5, 0.6) is 0 Å². The number of nitrogens with zero attached hydrogens (tertiary/aromatic N) is 1. The number of nitro groups is 1. The van der Waals surface area contributed by atoms with Gasteiger partial charge in [0, 0.05) is 17.5 Å². The van der Waals surface area contributed by atoms with Gasteiger partial charge in [-0.1, -0.05) is 31.6 Å². The lowest BCUT2D eigenvalue weighted by Gasteiger charge is -2.57. The first-order valence-corrected chi connectivity index (χ1v) is 11.7. The van der Waals surface area contributed by atoms with Gasteiger partial charge in [0.1, 0.15) is 0 Å². The van der Waals surface area contributed by atoms with E-state index in [9.17, 15) is 20.3 Å². The highest BCUT2D eigenvalue weighted by atomic mass is 16.6. The Hall–Kier alpha value is -1.98. The number of hydrogen-bond donors (Lipinski definition) is 2. The Morgan fingerprint density at radius 1 is 1.06 bits per heavy atom. The van der Waals surface area contributed by atoms with E-state index < -0.39 is 6.10 Å². The lowest BCUT2D eigenvalue weighted by atomic mass is 9.48. The van der Waals surface area contributed by atoms with Crippen LogP contribution in [0.3, 0.4) is 0 Å². The first-order valence-electron chi connectivity index (χ1n) is 11.7. The maximum absolute atomic E-state index is 11.3. The van der Waals surface area contributed by atoms with Crippen LogP contribution < -0.4 is 0 Å². The van der Waals surface area contributed by atoms with E-state index in [1.807, 2.05) is 0 Å². The van der Waals surface area contributed by atoms with Crippen LogP contribution >= 0.6 is 0 Å². The van der Waals surface area contributed by atoms with Crippen LogP contribution in [0.4, 0.5) is 5.69 Å². The molecule has 31 heavy (non-hydrogen) atoms. The lowest BCUT2D eigenvalue weighted by molar-refractivity contribution is -0.384. The molecule has 0 bridgehead atoms. The number of aliphatic hydroxyl groups excluding tert-OH is 2. The minimum absolute atomic E-state index is 0.0910. The van der Waals surface area contributed by atoms with Crippen LogP contribution in [0, 0.1) is 38.7 Å². The molecule has 0 unspecified atom stereocenters. The highest BCUT2D eigenvalue weighted by Crippen LogP contribution is 2.65. The van der Waals surface area contributed by atoms with Crippen molar-refractivity contribution >= 4 is 11.8 Å². The topological polar surface area (TPSA) is 83.6 Å². The summed E-state index contributed by atoms with van der Waals surface area (Å²) in [6.07, 6.45) is 10.7. The molecule has 7 atom stereocenters. The molecule has 1 aromatic rings. The van der Waals surface area contributed by atoms with Crippen molar-refractivity contribution in [3.8, 4) is 0 Å². The van der Waals surface area contributed by atoms with E-state index in [-0.39, 0.29) is 27.5 Å². The molecule has 0 aliphatic heterocycles. The van der Waals surface area contributed by atoms with Crippen LogP contribution in [0.1, 0.15) is 64.4 Å². The van der Waals surface area contributed by atoms with Crippen LogP contribution in [-0.4, -0.2) is 27.3 Å². The van der Waals surface area contributed by atoms with Crippen molar-refractivity contribution in [2.24, 2.45) is 28.6 Å². The second-order valence-electron chi connectivity index (χ2n) is 10.9. The zero-order valence-electron chi connectivity index (χ0n) is 18.5. The quantitative estimate of drug-likeness (QED) is 0.385. The second kappa shape index (κ2) is 7.28. The Labute approximate surface area is 184 Å². The van der Waals surface area contributed by atoms with E-state index in [0.29, 0.717) is 17.8 Å². The Kier molecular flexibility index (Phi) is 4.91. The maximum atomic E-state index is 11.3. The number of benzene rings is 1. The summed E-state index contributed by atoms with van der Waals surface area (Å²) in [6.45, 7) is 4.69. The van der Waals surface area contributed by atoms with Gasteiger partial charge in [0.15, 0.2) is 0 Å². The SMILES string of the molecule is C[C@]12CC[C@H]3[C@@H](CC=C4C[C@@H](O)CC[C@@]43C)[C@@H]1CC(=Cc1ccc([N+](=O)[O-])cc1)[C@@H]2O. The van der Waals surface area contributed by atoms with E-state index in [2.05, 4.69) is 26.0 Å². The normalized spacial score (nSPS) is 43.0. The number of allylic oxidation sites excluding steroid dienone is 1. The van der Waals surface area contributed by atoms with Gasteiger partial charge in [-0.05, 0) is 91.4 Å². The predicted octanol–water partition coefficient (Wildman–Crippen LogP) is 5.27. The van der Waals surface area contributed by atoms with Crippen molar-refractivity contribution in [1.29, 1.82) is 0 Å². The molecule has 4 aliphatic rings. The van der Waals surface area contributed by atoms with Crippen molar-refractivity contribution < 1.29 is 15.1 Å². The van der Waals surface area contributed by atoms with Gasteiger partial charge < -0.3 is 10.2 Å². The molecule has 0 heterocycles.